The van der Waals surface area contributed by atoms with E-state index < -0.39 is 12.2 Å². The summed E-state index contributed by atoms with van der Waals surface area (Å²) in [5.41, 5.74) is 2.10. The predicted octanol–water partition coefficient (Wildman–Crippen LogP) is 4.48. The normalized spacial score (nSPS) is 19.2. The summed E-state index contributed by atoms with van der Waals surface area (Å²) in [4.78, 5) is 23.3. The number of benzene rings is 3. The minimum absolute atomic E-state index is 0.360. The topological polar surface area (TPSA) is 52.6 Å². The second-order valence-electron chi connectivity index (χ2n) is 6.78. The Morgan fingerprint density at radius 2 is 1.58 bits per heavy atom. The van der Waals surface area contributed by atoms with Gasteiger partial charge in [-0.1, -0.05) is 36.4 Å². The van der Waals surface area contributed by atoms with Crippen LogP contribution in [-0.2, 0) is 25.5 Å². The monoisotopic (exact) mass is 348 g/mol. The van der Waals surface area contributed by atoms with Crippen LogP contribution in [0.25, 0.3) is 21.5 Å². The van der Waals surface area contributed by atoms with Gasteiger partial charge < -0.3 is 9.47 Å². The third-order valence-electron chi connectivity index (χ3n) is 4.95. The number of hydrogen-bond donors (Lipinski definition) is 0. The molecule has 4 nitrogen and oxygen atoms in total. The van der Waals surface area contributed by atoms with Gasteiger partial charge in [0.05, 0.1) is 0 Å². The van der Waals surface area contributed by atoms with Crippen LogP contribution >= 0.6 is 0 Å². The fourth-order valence-electron chi connectivity index (χ4n) is 3.92. The van der Waals surface area contributed by atoms with Crippen molar-refractivity contribution >= 4 is 33.5 Å². The quantitative estimate of drug-likeness (QED) is 0.506. The van der Waals surface area contributed by atoms with E-state index in [4.69, 9.17) is 9.47 Å². The minimum Gasteiger partial charge on any atom is -0.458 e. The molecule has 4 rings (SSSR count). The zero-order valence-electron chi connectivity index (χ0n) is 14.8. The first-order valence-corrected chi connectivity index (χ1v) is 8.81. The number of rotatable bonds is 2. The standard InChI is InChI=1S/C22H20O4/c1-13(23)25-20-10-9-15-7-8-18-11-16-5-3-4-6-17(16)12-19(18)21(15)22(20)26-14(2)24/h3-8,11-12,20,22H,9-10H2,1-2H3/t20-,22+/m0/s1. The SMILES string of the molecule is CC(=O)O[C@H]1CCc2ccc3cc4ccccc4cc3c2[C@@H]1OC(C)=O. The third-order valence-corrected chi connectivity index (χ3v) is 4.95. The van der Waals surface area contributed by atoms with Gasteiger partial charge in [0.15, 0.2) is 6.10 Å². The lowest BCUT2D eigenvalue weighted by atomic mass is 9.83. The predicted molar refractivity (Wildman–Crippen MR) is 99.8 cm³/mol. The molecule has 1 aliphatic carbocycles. The maximum Gasteiger partial charge on any atom is 0.303 e. The van der Waals surface area contributed by atoms with E-state index in [1.54, 1.807) is 0 Å². The molecular formula is C22H20O4. The molecule has 0 spiro atoms. The molecule has 0 heterocycles. The van der Waals surface area contributed by atoms with Crippen LogP contribution in [0.2, 0.25) is 0 Å². The number of ether oxygens (including phenoxy) is 2. The molecule has 1 aliphatic rings. The summed E-state index contributed by atoms with van der Waals surface area (Å²) in [6, 6.07) is 16.7. The first-order chi connectivity index (χ1) is 12.5. The molecular weight excluding hydrogens is 328 g/mol. The van der Waals surface area contributed by atoms with Crippen molar-refractivity contribution in [3.63, 3.8) is 0 Å². The molecule has 2 atom stereocenters. The maximum absolute atomic E-state index is 11.7. The first kappa shape index (κ1) is 16.6. The Balaban J connectivity index is 1.94. The highest BCUT2D eigenvalue weighted by Gasteiger charge is 2.35. The Labute approximate surface area is 151 Å². The van der Waals surface area contributed by atoms with Gasteiger partial charge >= 0.3 is 11.9 Å². The number of carbonyl (C=O) groups excluding carboxylic acids is 2. The van der Waals surface area contributed by atoms with Crippen LogP contribution < -0.4 is 0 Å². The summed E-state index contributed by atoms with van der Waals surface area (Å²) in [6.07, 6.45) is 0.392. The molecule has 3 aromatic rings. The lowest BCUT2D eigenvalue weighted by Crippen LogP contribution is -2.32. The zero-order chi connectivity index (χ0) is 18.3. The maximum atomic E-state index is 11.7. The lowest BCUT2D eigenvalue weighted by molar-refractivity contribution is -0.167. The molecule has 0 radical (unpaired) electrons. The number of esters is 2. The van der Waals surface area contributed by atoms with Gasteiger partial charge in [-0.2, -0.15) is 0 Å². The van der Waals surface area contributed by atoms with Crippen LogP contribution in [0.3, 0.4) is 0 Å². The zero-order valence-corrected chi connectivity index (χ0v) is 14.8. The van der Waals surface area contributed by atoms with E-state index in [-0.39, 0.29) is 11.9 Å². The third kappa shape index (κ3) is 2.92. The van der Waals surface area contributed by atoms with E-state index in [0.717, 1.165) is 39.1 Å². The van der Waals surface area contributed by atoms with Gasteiger partial charge in [0.25, 0.3) is 0 Å². The highest BCUT2D eigenvalue weighted by molar-refractivity contribution is 6.00. The van der Waals surface area contributed by atoms with E-state index in [1.165, 1.54) is 13.8 Å². The van der Waals surface area contributed by atoms with Crippen LogP contribution in [0.1, 0.15) is 37.5 Å². The molecule has 0 amide bonds. The van der Waals surface area contributed by atoms with E-state index in [9.17, 15) is 9.59 Å². The number of fused-ring (bicyclic) bond motifs is 4. The Morgan fingerprint density at radius 3 is 2.27 bits per heavy atom. The summed E-state index contributed by atoms with van der Waals surface area (Å²) in [5, 5.41) is 4.42. The van der Waals surface area contributed by atoms with E-state index in [1.807, 2.05) is 12.1 Å². The minimum atomic E-state index is -0.579. The lowest BCUT2D eigenvalue weighted by Gasteiger charge is -2.33. The van der Waals surface area contributed by atoms with Crippen LogP contribution in [0.5, 0.6) is 0 Å². The van der Waals surface area contributed by atoms with Crippen molar-refractivity contribution in [2.45, 2.75) is 38.9 Å². The van der Waals surface area contributed by atoms with Crippen molar-refractivity contribution < 1.29 is 19.1 Å². The number of hydrogen-bond acceptors (Lipinski definition) is 4. The van der Waals surface area contributed by atoms with Crippen molar-refractivity contribution in [1.29, 1.82) is 0 Å². The van der Waals surface area contributed by atoms with Crippen LogP contribution in [0, 0.1) is 0 Å². The summed E-state index contributed by atoms with van der Waals surface area (Å²) >= 11 is 0. The Morgan fingerprint density at radius 1 is 0.885 bits per heavy atom. The summed E-state index contributed by atoms with van der Waals surface area (Å²) in [6.45, 7) is 2.77. The number of aryl methyl sites for hydroxylation is 1. The van der Waals surface area contributed by atoms with Gasteiger partial charge in [-0.05, 0) is 52.1 Å². The first-order valence-electron chi connectivity index (χ1n) is 8.81. The van der Waals surface area contributed by atoms with Gasteiger partial charge in [0, 0.05) is 19.4 Å². The molecule has 132 valence electrons. The highest BCUT2D eigenvalue weighted by atomic mass is 16.6. The fourth-order valence-corrected chi connectivity index (χ4v) is 3.92. The van der Waals surface area contributed by atoms with Crippen LogP contribution in [-0.4, -0.2) is 18.0 Å². The smallest absolute Gasteiger partial charge is 0.303 e. The van der Waals surface area contributed by atoms with Crippen molar-refractivity contribution in [3.05, 3.63) is 59.7 Å². The molecule has 0 saturated heterocycles. The largest absolute Gasteiger partial charge is 0.458 e. The molecule has 26 heavy (non-hydrogen) atoms. The molecule has 0 bridgehead atoms. The molecule has 0 saturated carbocycles. The molecule has 0 aliphatic heterocycles. The van der Waals surface area contributed by atoms with Gasteiger partial charge in [-0.3, -0.25) is 9.59 Å². The highest BCUT2D eigenvalue weighted by Crippen LogP contribution is 2.40. The van der Waals surface area contributed by atoms with Gasteiger partial charge in [0.2, 0.25) is 0 Å². The van der Waals surface area contributed by atoms with Crippen molar-refractivity contribution in [1.82, 2.24) is 0 Å². The average molecular weight is 348 g/mol. The average Bonchev–Trinajstić information content (AvgIpc) is 2.60. The van der Waals surface area contributed by atoms with Gasteiger partial charge in [0.1, 0.15) is 6.10 Å². The van der Waals surface area contributed by atoms with Crippen LogP contribution in [0.4, 0.5) is 0 Å². The van der Waals surface area contributed by atoms with Crippen molar-refractivity contribution in [2.75, 3.05) is 0 Å². The molecule has 0 N–H and O–H groups in total. The van der Waals surface area contributed by atoms with Crippen molar-refractivity contribution in [3.8, 4) is 0 Å². The fraction of sp³-hybridized carbons (Fsp3) is 0.273. The van der Waals surface area contributed by atoms with E-state index >= 15 is 0 Å². The van der Waals surface area contributed by atoms with Crippen LogP contribution in [0.15, 0.2) is 48.5 Å². The Kier molecular flexibility index (Phi) is 4.11. The summed E-state index contributed by atoms with van der Waals surface area (Å²) in [7, 11) is 0. The van der Waals surface area contributed by atoms with E-state index in [2.05, 4.69) is 36.4 Å². The van der Waals surface area contributed by atoms with E-state index in [0.29, 0.717) is 6.42 Å². The van der Waals surface area contributed by atoms with Gasteiger partial charge in [-0.25, -0.2) is 0 Å². The molecule has 4 heteroatoms. The van der Waals surface area contributed by atoms with Gasteiger partial charge in [-0.15, -0.1) is 0 Å². The Bertz CT molecular complexity index is 1020. The molecule has 0 unspecified atom stereocenters. The summed E-state index contributed by atoms with van der Waals surface area (Å²) in [5.74, 6) is -0.737. The molecule has 3 aromatic carbocycles. The summed E-state index contributed by atoms with van der Waals surface area (Å²) < 4.78 is 11.1. The molecule has 0 fully saturated rings. The second kappa shape index (κ2) is 6.45. The second-order valence-corrected chi connectivity index (χ2v) is 6.78. The number of carbonyl (C=O) groups is 2. The van der Waals surface area contributed by atoms with Crippen molar-refractivity contribution in [2.24, 2.45) is 0 Å². The molecule has 0 aromatic heterocycles. The Hall–Kier alpha value is -2.88.